The molecule has 0 heterocycles. The maximum atomic E-state index is 11.7. The van der Waals surface area contributed by atoms with E-state index in [1.165, 1.54) is 25.1 Å². The fraction of sp³-hybridized carbons (Fsp3) is 0.417. The van der Waals surface area contributed by atoms with E-state index in [9.17, 15) is 14.9 Å². The monoisotopic (exact) mass is 268 g/mol. The molecule has 0 spiro atoms. The standard InChI is InChI=1S/C12H16N2O5/c1-12(7-15,8-16)13-11(17)6-9-3-2-4-10(5-9)14(18)19/h2-5,15-16H,6-8H2,1H3,(H,13,17). The number of aliphatic hydroxyl groups excluding tert-OH is 2. The van der Waals surface area contributed by atoms with Crippen LogP contribution in [0.5, 0.6) is 0 Å². The smallest absolute Gasteiger partial charge is 0.269 e. The van der Waals surface area contributed by atoms with Crippen LogP contribution in [0.3, 0.4) is 0 Å². The van der Waals surface area contributed by atoms with Crippen LogP contribution in [0, 0.1) is 10.1 Å². The molecule has 0 aliphatic heterocycles. The van der Waals surface area contributed by atoms with E-state index in [1.807, 2.05) is 0 Å². The van der Waals surface area contributed by atoms with Crippen molar-refractivity contribution >= 4 is 11.6 Å². The average Bonchev–Trinajstić information content (AvgIpc) is 2.38. The summed E-state index contributed by atoms with van der Waals surface area (Å²) < 4.78 is 0. The fourth-order valence-electron chi connectivity index (χ4n) is 1.48. The molecule has 7 heteroatoms. The van der Waals surface area contributed by atoms with Gasteiger partial charge in [0.2, 0.25) is 5.91 Å². The van der Waals surface area contributed by atoms with Crippen LogP contribution in [-0.2, 0) is 11.2 Å². The van der Waals surface area contributed by atoms with Crippen molar-refractivity contribution in [2.45, 2.75) is 18.9 Å². The third-order valence-electron chi connectivity index (χ3n) is 2.63. The largest absolute Gasteiger partial charge is 0.394 e. The van der Waals surface area contributed by atoms with Gasteiger partial charge in [0.15, 0.2) is 0 Å². The van der Waals surface area contributed by atoms with Gasteiger partial charge in [0, 0.05) is 12.1 Å². The number of nitro groups is 1. The molecular formula is C12H16N2O5. The average molecular weight is 268 g/mol. The molecule has 7 nitrogen and oxygen atoms in total. The lowest BCUT2D eigenvalue weighted by molar-refractivity contribution is -0.384. The van der Waals surface area contributed by atoms with Crippen molar-refractivity contribution in [1.82, 2.24) is 5.32 Å². The first kappa shape index (κ1) is 15.1. The number of nitro benzene ring substituents is 1. The molecule has 0 bridgehead atoms. The zero-order valence-electron chi connectivity index (χ0n) is 10.5. The van der Waals surface area contributed by atoms with Crippen molar-refractivity contribution in [3.8, 4) is 0 Å². The van der Waals surface area contributed by atoms with Gasteiger partial charge < -0.3 is 15.5 Å². The number of rotatable bonds is 6. The summed E-state index contributed by atoms with van der Waals surface area (Å²) in [6, 6.07) is 5.75. The van der Waals surface area contributed by atoms with Crippen molar-refractivity contribution in [2.24, 2.45) is 0 Å². The number of hydrogen-bond donors (Lipinski definition) is 3. The van der Waals surface area contributed by atoms with Crippen LogP contribution in [0.1, 0.15) is 12.5 Å². The Balaban J connectivity index is 2.72. The fourth-order valence-corrected chi connectivity index (χ4v) is 1.48. The number of amides is 1. The molecule has 104 valence electrons. The van der Waals surface area contributed by atoms with E-state index in [2.05, 4.69) is 5.32 Å². The molecule has 1 amide bonds. The van der Waals surface area contributed by atoms with Gasteiger partial charge in [-0.15, -0.1) is 0 Å². The molecular weight excluding hydrogens is 252 g/mol. The minimum absolute atomic E-state index is 0.0583. The van der Waals surface area contributed by atoms with Gasteiger partial charge in [0.05, 0.1) is 30.1 Å². The van der Waals surface area contributed by atoms with Gasteiger partial charge in [-0.1, -0.05) is 12.1 Å². The van der Waals surface area contributed by atoms with Crippen molar-refractivity contribution < 1.29 is 19.9 Å². The Morgan fingerprint density at radius 2 is 2.05 bits per heavy atom. The summed E-state index contributed by atoms with van der Waals surface area (Å²) in [4.78, 5) is 21.8. The molecule has 0 aliphatic rings. The van der Waals surface area contributed by atoms with E-state index in [4.69, 9.17) is 10.2 Å². The Morgan fingerprint density at radius 1 is 1.42 bits per heavy atom. The summed E-state index contributed by atoms with van der Waals surface area (Å²) in [6.07, 6.45) is -0.0583. The topological polar surface area (TPSA) is 113 Å². The second-order valence-corrected chi connectivity index (χ2v) is 4.53. The van der Waals surface area contributed by atoms with Crippen molar-refractivity contribution in [2.75, 3.05) is 13.2 Å². The minimum Gasteiger partial charge on any atom is -0.394 e. The Kier molecular flexibility index (Phi) is 4.96. The van der Waals surface area contributed by atoms with Crippen LogP contribution in [0.25, 0.3) is 0 Å². The van der Waals surface area contributed by atoms with Crippen LogP contribution in [0.4, 0.5) is 5.69 Å². The third-order valence-corrected chi connectivity index (χ3v) is 2.63. The maximum absolute atomic E-state index is 11.7. The van der Waals surface area contributed by atoms with Gasteiger partial charge in [0.25, 0.3) is 5.69 Å². The normalized spacial score (nSPS) is 11.1. The highest BCUT2D eigenvalue weighted by Crippen LogP contribution is 2.13. The maximum Gasteiger partial charge on any atom is 0.269 e. The summed E-state index contributed by atoms with van der Waals surface area (Å²) in [7, 11) is 0. The third kappa shape index (κ3) is 4.31. The van der Waals surface area contributed by atoms with E-state index < -0.39 is 29.6 Å². The van der Waals surface area contributed by atoms with Gasteiger partial charge in [-0.05, 0) is 12.5 Å². The second-order valence-electron chi connectivity index (χ2n) is 4.53. The molecule has 0 aromatic heterocycles. The summed E-state index contributed by atoms with van der Waals surface area (Å²) >= 11 is 0. The molecule has 3 N–H and O–H groups in total. The molecule has 0 unspecified atom stereocenters. The molecule has 0 fully saturated rings. The number of non-ortho nitro benzene ring substituents is 1. The number of nitrogens with zero attached hydrogens (tertiary/aromatic N) is 1. The van der Waals surface area contributed by atoms with E-state index in [-0.39, 0.29) is 12.1 Å². The number of hydrogen-bond acceptors (Lipinski definition) is 5. The lowest BCUT2D eigenvalue weighted by atomic mass is 10.0. The quantitative estimate of drug-likeness (QED) is 0.496. The minimum atomic E-state index is -1.10. The Hall–Kier alpha value is -1.99. The van der Waals surface area contributed by atoms with Gasteiger partial charge >= 0.3 is 0 Å². The molecule has 0 aliphatic carbocycles. The van der Waals surface area contributed by atoms with Crippen LogP contribution < -0.4 is 5.32 Å². The van der Waals surface area contributed by atoms with E-state index in [1.54, 1.807) is 6.07 Å². The van der Waals surface area contributed by atoms with Crippen LogP contribution in [0.2, 0.25) is 0 Å². The second kappa shape index (κ2) is 6.26. The lowest BCUT2D eigenvalue weighted by Gasteiger charge is -2.26. The first-order valence-electron chi connectivity index (χ1n) is 5.66. The lowest BCUT2D eigenvalue weighted by Crippen LogP contribution is -2.52. The Bertz CT molecular complexity index is 471. The highest BCUT2D eigenvalue weighted by molar-refractivity contribution is 5.79. The number of carbonyl (C=O) groups excluding carboxylic acids is 1. The zero-order chi connectivity index (χ0) is 14.5. The SMILES string of the molecule is CC(CO)(CO)NC(=O)Cc1cccc([N+](=O)[O-])c1. The van der Waals surface area contributed by atoms with E-state index >= 15 is 0 Å². The molecule has 1 aromatic carbocycles. The number of nitrogens with one attached hydrogen (secondary N) is 1. The molecule has 0 saturated carbocycles. The predicted molar refractivity (Wildman–Crippen MR) is 67.5 cm³/mol. The summed E-state index contributed by atoms with van der Waals surface area (Å²) in [6.45, 7) is 0.701. The zero-order valence-corrected chi connectivity index (χ0v) is 10.5. The van der Waals surface area contributed by atoms with E-state index in [0.717, 1.165) is 0 Å². The van der Waals surface area contributed by atoms with Crippen LogP contribution >= 0.6 is 0 Å². The van der Waals surface area contributed by atoms with Crippen LogP contribution in [0.15, 0.2) is 24.3 Å². The number of benzene rings is 1. The van der Waals surface area contributed by atoms with Crippen molar-refractivity contribution in [3.63, 3.8) is 0 Å². The Morgan fingerprint density at radius 3 is 2.58 bits per heavy atom. The molecule has 1 aromatic rings. The highest BCUT2D eigenvalue weighted by atomic mass is 16.6. The Labute approximate surface area is 110 Å². The molecule has 1 rings (SSSR count). The first-order chi connectivity index (χ1) is 8.90. The van der Waals surface area contributed by atoms with Gasteiger partial charge in [-0.25, -0.2) is 0 Å². The molecule has 19 heavy (non-hydrogen) atoms. The van der Waals surface area contributed by atoms with Gasteiger partial charge in [-0.2, -0.15) is 0 Å². The summed E-state index contributed by atoms with van der Waals surface area (Å²) in [5, 5.41) is 31.2. The summed E-state index contributed by atoms with van der Waals surface area (Å²) in [5.74, 6) is -0.425. The molecule has 0 radical (unpaired) electrons. The van der Waals surface area contributed by atoms with Crippen LogP contribution in [-0.4, -0.2) is 39.8 Å². The van der Waals surface area contributed by atoms with E-state index in [0.29, 0.717) is 5.56 Å². The number of carbonyl (C=O) groups is 1. The van der Waals surface area contributed by atoms with Gasteiger partial charge in [-0.3, -0.25) is 14.9 Å². The summed E-state index contributed by atoms with van der Waals surface area (Å²) in [5.41, 5.74) is -0.694. The predicted octanol–water partition coefficient (Wildman–Crippen LogP) is -0.00320. The van der Waals surface area contributed by atoms with Crippen molar-refractivity contribution in [3.05, 3.63) is 39.9 Å². The first-order valence-corrected chi connectivity index (χ1v) is 5.66. The number of aliphatic hydroxyl groups is 2. The molecule has 0 atom stereocenters. The van der Waals surface area contributed by atoms with Crippen molar-refractivity contribution in [1.29, 1.82) is 0 Å². The van der Waals surface area contributed by atoms with Gasteiger partial charge in [0.1, 0.15) is 0 Å². The highest BCUT2D eigenvalue weighted by Gasteiger charge is 2.24. The molecule has 0 saturated heterocycles.